The van der Waals surface area contributed by atoms with Crippen LogP contribution in [0.1, 0.15) is 22.7 Å². The Kier molecular flexibility index (Phi) is 4.01. The lowest BCUT2D eigenvalue weighted by Gasteiger charge is -2.13. The average Bonchev–Trinajstić information content (AvgIpc) is 2.57. The predicted molar refractivity (Wildman–Crippen MR) is 76.6 cm³/mol. The number of hydrogen-bond acceptors (Lipinski definition) is 2. The molecule has 0 bridgehead atoms. The summed E-state index contributed by atoms with van der Waals surface area (Å²) in [6, 6.07) is 7.22. The molecule has 0 spiro atoms. The van der Waals surface area contributed by atoms with E-state index < -0.39 is 0 Å². The largest absolute Gasteiger partial charge is 0.320 e. The Morgan fingerprint density at radius 1 is 1.12 bits per heavy atom. The zero-order chi connectivity index (χ0) is 12.6. The number of halogens is 3. The van der Waals surface area contributed by atoms with Gasteiger partial charge < -0.3 is 5.73 Å². The maximum Gasteiger partial charge on any atom is 0.0995 e. The summed E-state index contributed by atoms with van der Waals surface area (Å²) < 4.78 is 1.24. The first-order valence-electron chi connectivity index (χ1n) is 4.95. The smallest absolute Gasteiger partial charge is 0.0995 e. The number of aryl methyl sites for hydroxylation is 1. The lowest BCUT2D eigenvalue weighted by molar-refractivity contribution is 0.876. The summed E-state index contributed by atoms with van der Waals surface area (Å²) in [5, 5.41) is 0.649. The minimum atomic E-state index is -0.348. The van der Waals surface area contributed by atoms with Gasteiger partial charge in [0.2, 0.25) is 0 Å². The molecule has 0 fully saturated rings. The van der Waals surface area contributed by atoms with Gasteiger partial charge in [-0.1, -0.05) is 46.9 Å². The molecule has 1 atom stereocenters. The summed E-state index contributed by atoms with van der Waals surface area (Å²) in [7, 11) is 0. The molecule has 17 heavy (non-hydrogen) atoms. The fourth-order valence-corrected chi connectivity index (χ4v) is 3.52. The van der Waals surface area contributed by atoms with Gasteiger partial charge in [-0.25, -0.2) is 0 Å². The van der Waals surface area contributed by atoms with Crippen LogP contribution >= 0.6 is 46.1 Å². The van der Waals surface area contributed by atoms with Crippen molar-refractivity contribution in [2.75, 3.05) is 0 Å². The van der Waals surface area contributed by atoms with Crippen LogP contribution in [-0.2, 0) is 0 Å². The van der Waals surface area contributed by atoms with E-state index in [1.54, 1.807) is 6.07 Å². The number of hydrogen-bond donors (Lipinski definition) is 1. The second-order valence-corrected chi connectivity index (χ2v) is 6.47. The molecule has 0 aliphatic rings. The molecule has 1 aromatic heterocycles. The van der Waals surface area contributed by atoms with Crippen LogP contribution in [0.15, 0.2) is 24.3 Å². The number of thiophene rings is 1. The average molecular weight is 307 g/mol. The maximum atomic E-state index is 6.18. The Bertz CT molecular complexity index is 551. The third kappa shape index (κ3) is 2.78. The van der Waals surface area contributed by atoms with Crippen molar-refractivity contribution < 1.29 is 0 Å². The van der Waals surface area contributed by atoms with Crippen molar-refractivity contribution in [2.24, 2.45) is 5.73 Å². The Labute approximate surface area is 119 Å². The topological polar surface area (TPSA) is 26.0 Å². The highest BCUT2D eigenvalue weighted by Crippen LogP contribution is 2.38. The molecule has 2 rings (SSSR count). The van der Waals surface area contributed by atoms with Crippen molar-refractivity contribution in [3.8, 4) is 0 Å². The van der Waals surface area contributed by atoms with Crippen molar-refractivity contribution in [1.29, 1.82) is 0 Å². The van der Waals surface area contributed by atoms with Crippen molar-refractivity contribution >= 4 is 46.1 Å². The minimum absolute atomic E-state index is 0.348. The second-order valence-electron chi connectivity index (χ2n) is 3.78. The molecule has 1 unspecified atom stereocenters. The van der Waals surface area contributed by atoms with E-state index in [1.807, 2.05) is 25.1 Å². The van der Waals surface area contributed by atoms with Gasteiger partial charge in [-0.15, -0.1) is 11.3 Å². The Morgan fingerprint density at radius 3 is 2.35 bits per heavy atom. The third-order valence-corrected chi connectivity index (χ3v) is 4.35. The van der Waals surface area contributed by atoms with E-state index >= 15 is 0 Å². The molecule has 1 heterocycles. The molecule has 0 radical (unpaired) electrons. The first-order valence-corrected chi connectivity index (χ1v) is 6.90. The molecule has 0 aliphatic heterocycles. The molecule has 0 aliphatic carbocycles. The van der Waals surface area contributed by atoms with Crippen LogP contribution in [-0.4, -0.2) is 0 Å². The summed E-state index contributed by atoms with van der Waals surface area (Å²) in [6.07, 6.45) is 0. The highest BCUT2D eigenvalue weighted by Gasteiger charge is 2.17. The van der Waals surface area contributed by atoms with Crippen LogP contribution in [0.3, 0.4) is 0 Å². The lowest BCUT2D eigenvalue weighted by atomic mass is 10.0. The second kappa shape index (κ2) is 5.17. The zero-order valence-corrected chi connectivity index (χ0v) is 12.1. The first-order chi connectivity index (χ1) is 7.99. The van der Waals surface area contributed by atoms with Gasteiger partial charge in [0, 0.05) is 10.6 Å². The zero-order valence-electron chi connectivity index (χ0n) is 9.01. The van der Waals surface area contributed by atoms with Crippen LogP contribution in [0.2, 0.25) is 13.7 Å². The number of nitrogens with two attached hydrogens (primary N) is 1. The van der Waals surface area contributed by atoms with Crippen molar-refractivity contribution in [3.05, 3.63) is 54.7 Å². The van der Waals surface area contributed by atoms with E-state index in [-0.39, 0.29) is 6.04 Å². The van der Waals surface area contributed by atoms with E-state index in [0.29, 0.717) is 13.7 Å². The normalized spacial score (nSPS) is 12.8. The van der Waals surface area contributed by atoms with Gasteiger partial charge in [-0.2, -0.15) is 0 Å². The lowest BCUT2D eigenvalue weighted by Crippen LogP contribution is -2.12. The monoisotopic (exact) mass is 305 g/mol. The van der Waals surface area contributed by atoms with E-state index in [1.165, 1.54) is 11.3 Å². The van der Waals surface area contributed by atoms with Crippen LogP contribution in [0.25, 0.3) is 0 Å². The van der Waals surface area contributed by atoms with Crippen molar-refractivity contribution in [2.45, 2.75) is 13.0 Å². The molecule has 2 aromatic rings. The fraction of sp³-hybridized carbons (Fsp3) is 0.167. The maximum absolute atomic E-state index is 6.18. The minimum Gasteiger partial charge on any atom is -0.320 e. The Morgan fingerprint density at radius 2 is 1.82 bits per heavy atom. The predicted octanol–water partition coefficient (Wildman–Crippen LogP) is 5.06. The number of benzene rings is 1. The molecule has 1 nitrogen and oxygen atoms in total. The molecule has 1 aromatic carbocycles. The fourth-order valence-electron chi connectivity index (χ4n) is 1.62. The number of rotatable bonds is 2. The van der Waals surface area contributed by atoms with Crippen molar-refractivity contribution in [1.82, 2.24) is 0 Å². The molecular formula is C12H10Cl3NS. The molecule has 90 valence electrons. The SMILES string of the molecule is Cc1ccc(C(N)c2cc(Cl)sc2Cl)c(Cl)c1. The third-order valence-electron chi connectivity index (χ3n) is 2.51. The summed E-state index contributed by atoms with van der Waals surface area (Å²) in [5.41, 5.74) is 8.93. The van der Waals surface area contributed by atoms with E-state index in [2.05, 4.69) is 0 Å². The Balaban J connectivity index is 2.43. The van der Waals surface area contributed by atoms with Crippen LogP contribution < -0.4 is 5.73 Å². The standard InChI is InChI=1S/C12H10Cl3NS/c1-6-2-3-7(9(13)4-6)11(16)8-5-10(14)17-12(8)15/h2-5,11H,16H2,1H3. The van der Waals surface area contributed by atoms with Crippen LogP contribution in [0, 0.1) is 6.92 Å². The molecule has 2 N–H and O–H groups in total. The first kappa shape index (κ1) is 13.2. The van der Waals surface area contributed by atoms with Gasteiger partial charge in [0.1, 0.15) is 0 Å². The van der Waals surface area contributed by atoms with E-state index in [9.17, 15) is 0 Å². The van der Waals surface area contributed by atoms with Gasteiger partial charge in [0.15, 0.2) is 0 Å². The summed E-state index contributed by atoms with van der Waals surface area (Å²) in [4.78, 5) is 0. The summed E-state index contributed by atoms with van der Waals surface area (Å²) in [6.45, 7) is 1.98. The molecule has 0 amide bonds. The highest BCUT2D eigenvalue weighted by atomic mass is 35.5. The van der Waals surface area contributed by atoms with Gasteiger partial charge in [-0.05, 0) is 30.2 Å². The highest BCUT2D eigenvalue weighted by molar-refractivity contribution is 7.20. The summed E-state index contributed by atoms with van der Waals surface area (Å²) in [5.74, 6) is 0. The molecule has 0 saturated heterocycles. The summed E-state index contributed by atoms with van der Waals surface area (Å²) >= 11 is 19.5. The quantitative estimate of drug-likeness (QED) is 0.824. The van der Waals surface area contributed by atoms with Gasteiger partial charge in [0.25, 0.3) is 0 Å². The van der Waals surface area contributed by atoms with E-state index in [4.69, 9.17) is 40.5 Å². The molecular weight excluding hydrogens is 297 g/mol. The Hall–Kier alpha value is -0.250. The van der Waals surface area contributed by atoms with Crippen LogP contribution in [0.4, 0.5) is 0 Å². The molecule has 0 saturated carbocycles. The van der Waals surface area contributed by atoms with Crippen molar-refractivity contribution in [3.63, 3.8) is 0 Å². The van der Waals surface area contributed by atoms with Gasteiger partial charge >= 0.3 is 0 Å². The molecule has 5 heteroatoms. The van der Waals surface area contributed by atoms with Gasteiger partial charge in [0.05, 0.1) is 14.7 Å². The van der Waals surface area contributed by atoms with E-state index in [0.717, 1.165) is 16.7 Å². The van der Waals surface area contributed by atoms with Gasteiger partial charge in [-0.3, -0.25) is 0 Å². The van der Waals surface area contributed by atoms with Crippen LogP contribution in [0.5, 0.6) is 0 Å².